The molecule has 4 amide bonds. The summed E-state index contributed by atoms with van der Waals surface area (Å²) in [6.45, 7) is 3.20. The predicted octanol–water partition coefficient (Wildman–Crippen LogP) is -0.436. The van der Waals surface area contributed by atoms with Crippen molar-refractivity contribution in [3.8, 4) is 0 Å². The van der Waals surface area contributed by atoms with E-state index in [-0.39, 0.29) is 0 Å². The van der Waals surface area contributed by atoms with Crippen LogP contribution in [0.15, 0.2) is 0 Å². The fourth-order valence-corrected chi connectivity index (χ4v) is 1.48. The molecule has 16 heavy (non-hydrogen) atoms. The first-order valence-corrected chi connectivity index (χ1v) is 4.74. The molecule has 1 saturated heterocycles. The lowest BCUT2D eigenvalue weighted by Gasteiger charge is -2.32. The largest absolute Gasteiger partial charge is 0.481 e. The quantitative estimate of drug-likeness (QED) is 0.637. The van der Waals surface area contributed by atoms with Gasteiger partial charge < -0.3 is 5.11 Å². The number of urea groups is 1. The summed E-state index contributed by atoms with van der Waals surface area (Å²) in [5, 5.41) is 10.5. The van der Waals surface area contributed by atoms with Gasteiger partial charge in [0.15, 0.2) is 0 Å². The van der Waals surface area contributed by atoms with Crippen LogP contribution in [0.5, 0.6) is 0 Å². The van der Waals surface area contributed by atoms with E-state index >= 15 is 0 Å². The molecule has 1 fully saturated rings. The fraction of sp³-hybridized carbons (Fsp3) is 0.556. The molecule has 0 aromatic carbocycles. The lowest BCUT2D eigenvalue weighted by atomic mass is 10.00. The van der Waals surface area contributed by atoms with Crippen LogP contribution >= 0.6 is 0 Å². The van der Waals surface area contributed by atoms with E-state index in [1.165, 1.54) is 0 Å². The van der Waals surface area contributed by atoms with Crippen molar-refractivity contribution in [2.24, 2.45) is 5.92 Å². The summed E-state index contributed by atoms with van der Waals surface area (Å²) in [4.78, 5) is 45.6. The van der Waals surface area contributed by atoms with E-state index < -0.39 is 42.2 Å². The Kier molecular flexibility index (Phi) is 3.26. The Bertz CT molecular complexity index is 363. The minimum Gasteiger partial charge on any atom is -0.481 e. The van der Waals surface area contributed by atoms with E-state index in [1.807, 2.05) is 5.32 Å². The Balaban J connectivity index is 2.94. The molecular weight excluding hydrogens is 216 g/mol. The first-order valence-electron chi connectivity index (χ1n) is 4.74. The van der Waals surface area contributed by atoms with Crippen LogP contribution in [0.25, 0.3) is 0 Å². The zero-order valence-corrected chi connectivity index (χ0v) is 8.89. The number of carbonyl (C=O) groups is 4. The highest BCUT2D eigenvalue weighted by Gasteiger charge is 2.42. The van der Waals surface area contributed by atoms with Gasteiger partial charge in [-0.15, -0.1) is 0 Å². The Morgan fingerprint density at radius 2 is 2.00 bits per heavy atom. The van der Waals surface area contributed by atoms with Gasteiger partial charge in [0.1, 0.15) is 5.92 Å². The number of carbonyl (C=O) groups excluding carboxylic acids is 3. The fourth-order valence-electron chi connectivity index (χ4n) is 1.48. The van der Waals surface area contributed by atoms with Gasteiger partial charge in [-0.2, -0.15) is 0 Å². The molecule has 7 nitrogen and oxygen atoms in total. The Hall–Kier alpha value is -1.92. The highest BCUT2D eigenvalue weighted by atomic mass is 16.4. The van der Waals surface area contributed by atoms with E-state index in [9.17, 15) is 19.2 Å². The number of imide groups is 2. The number of rotatable bonds is 3. The summed E-state index contributed by atoms with van der Waals surface area (Å²) in [6, 6.07) is -1.22. The van der Waals surface area contributed by atoms with Crippen LogP contribution in [-0.4, -0.2) is 39.9 Å². The summed E-state index contributed by atoms with van der Waals surface area (Å²) in [5.41, 5.74) is 0. The van der Waals surface area contributed by atoms with E-state index in [0.29, 0.717) is 0 Å². The van der Waals surface area contributed by atoms with Crippen LogP contribution < -0.4 is 5.32 Å². The van der Waals surface area contributed by atoms with E-state index in [4.69, 9.17) is 5.11 Å². The molecule has 1 rings (SSSR count). The summed E-state index contributed by atoms with van der Waals surface area (Å²) < 4.78 is 0. The highest BCUT2D eigenvalue weighted by Crippen LogP contribution is 2.16. The number of hydrogen-bond donors (Lipinski definition) is 2. The molecule has 0 radical (unpaired) electrons. The molecule has 0 spiro atoms. The number of carboxylic acids is 1. The first kappa shape index (κ1) is 12.2. The lowest BCUT2D eigenvalue weighted by molar-refractivity contribution is -0.150. The molecule has 88 valence electrons. The summed E-state index contributed by atoms with van der Waals surface area (Å²) >= 11 is 0. The number of hydrogen-bond acceptors (Lipinski definition) is 4. The maximum Gasteiger partial charge on any atom is 0.331 e. The van der Waals surface area contributed by atoms with Crippen LogP contribution in [0.3, 0.4) is 0 Å². The summed E-state index contributed by atoms with van der Waals surface area (Å²) in [6.07, 6.45) is -0.610. The van der Waals surface area contributed by atoms with E-state index in [1.54, 1.807) is 13.8 Å². The average molecular weight is 228 g/mol. The van der Waals surface area contributed by atoms with Crippen LogP contribution in [0, 0.1) is 5.92 Å². The van der Waals surface area contributed by atoms with Crippen molar-refractivity contribution < 1.29 is 24.3 Å². The van der Waals surface area contributed by atoms with Crippen molar-refractivity contribution in [2.45, 2.75) is 26.3 Å². The zero-order valence-electron chi connectivity index (χ0n) is 8.89. The molecule has 0 bridgehead atoms. The third-order valence-electron chi connectivity index (χ3n) is 2.20. The van der Waals surface area contributed by atoms with Crippen molar-refractivity contribution >= 4 is 23.8 Å². The van der Waals surface area contributed by atoms with Gasteiger partial charge in [0.25, 0.3) is 0 Å². The molecule has 0 aliphatic carbocycles. The standard InChI is InChI=1S/C9H12N2O5/c1-4(2)11-8(15)5(3-6(12)13)7(14)10-9(11)16/h4-5H,3H2,1-2H3,(H,12,13)(H,10,14,16). The van der Waals surface area contributed by atoms with Gasteiger partial charge in [0, 0.05) is 6.04 Å². The van der Waals surface area contributed by atoms with Gasteiger partial charge in [0.2, 0.25) is 11.8 Å². The number of carboxylic acid groups (broad SMARTS) is 1. The zero-order chi connectivity index (χ0) is 12.5. The number of nitrogens with one attached hydrogen (secondary N) is 1. The molecule has 0 aromatic heterocycles. The number of aliphatic carboxylic acids is 1. The Labute approximate surface area is 91.4 Å². The summed E-state index contributed by atoms with van der Waals surface area (Å²) in [5.74, 6) is -4.19. The third-order valence-corrected chi connectivity index (χ3v) is 2.20. The predicted molar refractivity (Wildman–Crippen MR) is 51.3 cm³/mol. The molecule has 1 aliphatic heterocycles. The van der Waals surface area contributed by atoms with E-state index in [2.05, 4.69) is 0 Å². The molecule has 1 atom stereocenters. The second-order valence-electron chi connectivity index (χ2n) is 3.75. The molecule has 2 N–H and O–H groups in total. The number of amides is 4. The van der Waals surface area contributed by atoms with Gasteiger partial charge >= 0.3 is 12.0 Å². The van der Waals surface area contributed by atoms with Crippen LogP contribution in [-0.2, 0) is 14.4 Å². The molecule has 0 saturated carbocycles. The molecule has 1 heterocycles. The summed E-state index contributed by atoms with van der Waals surface area (Å²) in [7, 11) is 0. The van der Waals surface area contributed by atoms with Gasteiger partial charge in [0.05, 0.1) is 6.42 Å². The normalized spacial score (nSPS) is 21.3. The second kappa shape index (κ2) is 4.30. The Morgan fingerprint density at radius 3 is 2.44 bits per heavy atom. The van der Waals surface area contributed by atoms with Crippen molar-refractivity contribution in [2.75, 3.05) is 0 Å². The second-order valence-corrected chi connectivity index (χ2v) is 3.75. The molecule has 1 unspecified atom stereocenters. The van der Waals surface area contributed by atoms with Crippen molar-refractivity contribution in [1.29, 1.82) is 0 Å². The van der Waals surface area contributed by atoms with Crippen LogP contribution in [0.2, 0.25) is 0 Å². The first-order chi connectivity index (χ1) is 7.34. The van der Waals surface area contributed by atoms with Crippen LogP contribution in [0.1, 0.15) is 20.3 Å². The van der Waals surface area contributed by atoms with Crippen molar-refractivity contribution in [3.05, 3.63) is 0 Å². The highest BCUT2D eigenvalue weighted by molar-refractivity contribution is 6.17. The maximum absolute atomic E-state index is 11.7. The SMILES string of the molecule is CC(C)N1C(=O)NC(=O)C(CC(=O)O)C1=O. The van der Waals surface area contributed by atoms with Gasteiger partial charge in [-0.3, -0.25) is 24.6 Å². The number of barbiturate groups is 1. The maximum atomic E-state index is 11.7. The smallest absolute Gasteiger partial charge is 0.331 e. The van der Waals surface area contributed by atoms with Crippen LogP contribution in [0.4, 0.5) is 4.79 Å². The molecule has 7 heteroatoms. The average Bonchev–Trinajstić information content (AvgIpc) is 2.10. The minimum atomic E-state index is -1.32. The molecular formula is C9H12N2O5. The van der Waals surface area contributed by atoms with E-state index in [0.717, 1.165) is 4.90 Å². The van der Waals surface area contributed by atoms with Gasteiger partial charge in [-0.05, 0) is 13.8 Å². The number of nitrogens with zero attached hydrogens (tertiary/aromatic N) is 1. The lowest BCUT2D eigenvalue weighted by Crippen LogP contribution is -2.60. The minimum absolute atomic E-state index is 0.420. The van der Waals surface area contributed by atoms with Crippen molar-refractivity contribution in [3.63, 3.8) is 0 Å². The Morgan fingerprint density at radius 1 is 1.44 bits per heavy atom. The van der Waals surface area contributed by atoms with Gasteiger partial charge in [-0.25, -0.2) is 4.79 Å². The molecule has 1 aliphatic rings. The molecule has 0 aromatic rings. The van der Waals surface area contributed by atoms with Crippen molar-refractivity contribution in [1.82, 2.24) is 10.2 Å². The topological polar surface area (TPSA) is 104 Å². The van der Waals surface area contributed by atoms with Gasteiger partial charge in [-0.1, -0.05) is 0 Å². The third kappa shape index (κ3) is 2.18. The monoisotopic (exact) mass is 228 g/mol.